The summed E-state index contributed by atoms with van der Waals surface area (Å²) in [6.07, 6.45) is 0.928. The molecule has 0 aliphatic carbocycles. The zero-order chi connectivity index (χ0) is 15.2. The number of hydrogen-bond acceptors (Lipinski definition) is 3. The largest absolute Gasteiger partial charge is 0.497 e. The zero-order valence-electron chi connectivity index (χ0n) is 12.3. The van der Waals surface area contributed by atoms with Gasteiger partial charge < -0.3 is 10.5 Å². The number of halogens is 1. The second-order valence-electron chi connectivity index (χ2n) is 4.84. The molecule has 0 heterocycles. The average Bonchev–Trinajstić information content (AvgIpc) is 2.54. The fourth-order valence-electron chi connectivity index (χ4n) is 2.07. The van der Waals surface area contributed by atoms with Gasteiger partial charge in [-0.3, -0.25) is 0 Å². The number of benzene rings is 2. The second-order valence-corrected chi connectivity index (χ2v) is 6.49. The molecular formula is C17H20ClNOS. The minimum atomic E-state index is 0.0964. The molecule has 2 atom stereocenters. The third-order valence-electron chi connectivity index (χ3n) is 3.38. The quantitative estimate of drug-likeness (QED) is 0.767. The molecule has 0 fully saturated rings. The van der Waals surface area contributed by atoms with Gasteiger partial charge in [-0.05, 0) is 48.4 Å². The van der Waals surface area contributed by atoms with Crippen LogP contribution in [0.3, 0.4) is 0 Å². The number of ether oxygens (including phenoxy) is 1. The van der Waals surface area contributed by atoms with Crippen LogP contribution in [-0.2, 0) is 0 Å². The average molecular weight is 322 g/mol. The van der Waals surface area contributed by atoms with Crippen molar-refractivity contribution < 1.29 is 4.74 Å². The third-order valence-corrected chi connectivity index (χ3v) is 5.05. The molecule has 0 radical (unpaired) electrons. The van der Waals surface area contributed by atoms with Crippen LogP contribution in [0.5, 0.6) is 5.75 Å². The summed E-state index contributed by atoms with van der Waals surface area (Å²) in [4.78, 5) is 1.17. The van der Waals surface area contributed by atoms with Crippen molar-refractivity contribution >= 4 is 23.4 Å². The maximum Gasteiger partial charge on any atom is 0.118 e. The maximum atomic E-state index is 6.32. The summed E-state index contributed by atoms with van der Waals surface area (Å²) in [5.41, 5.74) is 7.53. The van der Waals surface area contributed by atoms with E-state index in [1.807, 2.05) is 36.4 Å². The van der Waals surface area contributed by atoms with E-state index in [9.17, 15) is 0 Å². The lowest BCUT2D eigenvalue weighted by molar-refractivity contribution is 0.414. The van der Waals surface area contributed by atoms with E-state index >= 15 is 0 Å². The molecular weight excluding hydrogens is 302 g/mol. The summed E-state index contributed by atoms with van der Waals surface area (Å²) in [5.74, 6) is 0.860. The molecule has 2 rings (SSSR count). The van der Waals surface area contributed by atoms with Crippen LogP contribution in [0.2, 0.25) is 5.02 Å². The Labute approximate surface area is 135 Å². The Bertz CT molecular complexity index is 556. The Kier molecular flexibility index (Phi) is 5.97. The van der Waals surface area contributed by atoms with E-state index in [2.05, 4.69) is 19.1 Å². The molecule has 112 valence electrons. The van der Waals surface area contributed by atoms with E-state index in [1.165, 1.54) is 10.5 Å². The lowest BCUT2D eigenvalue weighted by Crippen LogP contribution is -2.25. The number of rotatable bonds is 6. The maximum absolute atomic E-state index is 6.32. The molecule has 0 aromatic heterocycles. The lowest BCUT2D eigenvalue weighted by Gasteiger charge is -2.23. The summed E-state index contributed by atoms with van der Waals surface area (Å²) in [6.45, 7) is 2.11. The molecule has 0 saturated heterocycles. The molecule has 0 saturated carbocycles. The zero-order valence-corrected chi connectivity index (χ0v) is 13.8. The van der Waals surface area contributed by atoms with Gasteiger partial charge in [0.15, 0.2) is 0 Å². The Morgan fingerprint density at radius 2 is 1.71 bits per heavy atom. The number of hydrogen-bond donors (Lipinski definition) is 1. The van der Waals surface area contributed by atoms with Gasteiger partial charge in [0.2, 0.25) is 0 Å². The van der Waals surface area contributed by atoms with E-state index in [0.29, 0.717) is 0 Å². The van der Waals surface area contributed by atoms with Crippen molar-refractivity contribution in [2.24, 2.45) is 5.73 Å². The predicted molar refractivity (Wildman–Crippen MR) is 91.3 cm³/mol. The third kappa shape index (κ3) is 4.40. The highest BCUT2D eigenvalue weighted by molar-refractivity contribution is 7.99. The minimum absolute atomic E-state index is 0.0964. The van der Waals surface area contributed by atoms with Crippen LogP contribution in [-0.4, -0.2) is 13.2 Å². The van der Waals surface area contributed by atoms with Crippen LogP contribution in [0.25, 0.3) is 0 Å². The first-order chi connectivity index (χ1) is 10.1. The molecule has 2 unspecified atom stereocenters. The summed E-state index contributed by atoms with van der Waals surface area (Å²) < 4.78 is 5.21. The molecule has 4 heteroatoms. The monoisotopic (exact) mass is 321 g/mol. The highest BCUT2D eigenvalue weighted by atomic mass is 35.5. The molecule has 0 aliphatic rings. The van der Waals surface area contributed by atoms with Gasteiger partial charge in [0, 0.05) is 21.2 Å². The van der Waals surface area contributed by atoms with Crippen LogP contribution in [0, 0.1) is 0 Å². The normalized spacial score (nSPS) is 13.7. The van der Waals surface area contributed by atoms with Gasteiger partial charge >= 0.3 is 0 Å². The van der Waals surface area contributed by atoms with E-state index in [0.717, 1.165) is 17.2 Å². The summed E-state index contributed by atoms with van der Waals surface area (Å²) in [7, 11) is 1.67. The lowest BCUT2D eigenvalue weighted by atomic mass is 10.0. The SMILES string of the molecule is CCC(N)C(Sc1ccc(Cl)cc1)c1ccc(OC)cc1. The fourth-order valence-corrected chi connectivity index (χ4v) is 3.44. The number of methoxy groups -OCH3 is 1. The first-order valence-corrected chi connectivity index (χ1v) is 8.21. The number of thioether (sulfide) groups is 1. The van der Waals surface area contributed by atoms with Crippen LogP contribution in [0.15, 0.2) is 53.4 Å². The first-order valence-electron chi connectivity index (χ1n) is 6.95. The Morgan fingerprint density at radius 1 is 1.10 bits per heavy atom. The van der Waals surface area contributed by atoms with Gasteiger partial charge in [-0.2, -0.15) is 0 Å². The summed E-state index contributed by atoms with van der Waals surface area (Å²) >= 11 is 7.71. The van der Waals surface area contributed by atoms with Gasteiger partial charge in [0.1, 0.15) is 5.75 Å². The van der Waals surface area contributed by atoms with Gasteiger partial charge in [-0.1, -0.05) is 30.7 Å². The van der Waals surface area contributed by atoms with Crippen molar-refractivity contribution in [3.05, 3.63) is 59.1 Å². The van der Waals surface area contributed by atoms with Crippen LogP contribution in [0.1, 0.15) is 24.2 Å². The van der Waals surface area contributed by atoms with Crippen molar-refractivity contribution in [2.75, 3.05) is 7.11 Å². The van der Waals surface area contributed by atoms with Gasteiger partial charge in [-0.25, -0.2) is 0 Å². The van der Waals surface area contributed by atoms with Crippen LogP contribution < -0.4 is 10.5 Å². The highest BCUT2D eigenvalue weighted by Crippen LogP contribution is 2.38. The van der Waals surface area contributed by atoms with E-state index in [4.69, 9.17) is 22.1 Å². The van der Waals surface area contributed by atoms with Gasteiger partial charge in [0.25, 0.3) is 0 Å². The van der Waals surface area contributed by atoms with Crippen molar-refractivity contribution in [2.45, 2.75) is 29.5 Å². The van der Waals surface area contributed by atoms with Crippen molar-refractivity contribution in [1.29, 1.82) is 0 Å². The van der Waals surface area contributed by atoms with Crippen molar-refractivity contribution in [3.63, 3.8) is 0 Å². The van der Waals surface area contributed by atoms with Gasteiger partial charge in [-0.15, -0.1) is 11.8 Å². The molecule has 2 N–H and O–H groups in total. The standard InChI is InChI=1S/C17H20ClNOS/c1-3-16(19)17(12-4-8-14(20-2)9-5-12)21-15-10-6-13(18)7-11-15/h4-11,16-17H,3,19H2,1-2H3. The first kappa shape index (κ1) is 16.2. The molecule has 0 amide bonds. The molecule has 0 bridgehead atoms. The molecule has 2 aromatic carbocycles. The summed E-state index contributed by atoms with van der Waals surface area (Å²) in [5, 5.41) is 0.960. The molecule has 0 aliphatic heterocycles. The highest BCUT2D eigenvalue weighted by Gasteiger charge is 2.20. The molecule has 0 spiro atoms. The molecule has 2 aromatic rings. The smallest absolute Gasteiger partial charge is 0.118 e. The summed E-state index contributed by atoms with van der Waals surface area (Å²) in [6, 6.07) is 16.1. The fraction of sp³-hybridized carbons (Fsp3) is 0.294. The van der Waals surface area contributed by atoms with E-state index < -0.39 is 0 Å². The predicted octanol–water partition coefficient (Wildman–Crippen LogP) is 4.92. The number of nitrogens with two attached hydrogens (primary N) is 1. The minimum Gasteiger partial charge on any atom is -0.497 e. The van der Waals surface area contributed by atoms with Crippen molar-refractivity contribution in [3.8, 4) is 5.75 Å². The van der Waals surface area contributed by atoms with Crippen molar-refractivity contribution in [1.82, 2.24) is 0 Å². The van der Waals surface area contributed by atoms with Crippen LogP contribution >= 0.6 is 23.4 Å². The van der Waals surface area contributed by atoms with Gasteiger partial charge in [0.05, 0.1) is 7.11 Å². The van der Waals surface area contributed by atoms with E-state index in [-0.39, 0.29) is 11.3 Å². The molecule has 2 nitrogen and oxygen atoms in total. The van der Waals surface area contributed by atoms with E-state index in [1.54, 1.807) is 18.9 Å². The second kappa shape index (κ2) is 7.74. The van der Waals surface area contributed by atoms with Crippen LogP contribution in [0.4, 0.5) is 0 Å². The Balaban J connectivity index is 2.22. The topological polar surface area (TPSA) is 35.2 Å². The Morgan fingerprint density at radius 3 is 2.24 bits per heavy atom. The molecule has 21 heavy (non-hydrogen) atoms. The Hall–Kier alpha value is -1.16.